The molecule has 0 unspecified atom stereocenters. The van der Waals surface area contributed by atoms with Crippen LogP contribution < -0.4 is 5.32 Å². The number of nitrogens with one attached hydrogen (secondary N) is 1. The molecule has 0 radical (unpaired) electrons. The molecule has 0 amide bonds. The van der Waals surface area contributed by atoms with Crippen molar-refractivity contribution in [2.45, 2.75) is 26.7 Å². The molecule has 3 rings (SSSR count). The number of hydrogen-bond acceptors (Lipinski definition) is 4. The van der Waals surface area contributed by atoms with Crippen molar-refractivity contribution in [1.82, 2.24) is 29.7 Å². The Morgan fingerprint density at radius 3 is 2.73 bits per heavy atom. The van der Waals surface area contributed by atoms with Gasteiger partial charge in [0.25, 0.3) is 0 Å². The average molecular weight is 358 g/mol. The third kappa shape index (κ3) is 4.72. The summed E-state index contributed by atoms with van der Waals surface area (Å²) in [5.74, 6) is 2.76. The Morgan fingerprint density at radius 2 is 2.00 bits per heavy atom. The van der Waals surface area contributed by atoms with Gasteiger partial charge in [0.05, 0.1) is 0 Å². The molecule has 0 aliphatic carbocycles. The molecule has 7 nitrogen and oxygen atoms in total. The van der Waals surface area contributed by atoms with E-state index >= 15 is 0 Å². The van der Waals surface area contributed by atoms with Crippen LogP contribution in [0.1, 0.15) is 26.1 Å². The van der Waals surface area contributed by atoms with Crippen molar-refractivity contribution < 1.29 is 0 Å². The number of aromatic nitrogens is 3. The van der Waals surface area contributed by atoms with E-state index in [1.54, 1.807) is 0 Å². The van der Waals surface area contributed by atoms with Crippen LogP contribution in [0.25, 0.3) is 5.65 Å². The van der Waals surface area contributed by atoms with E-state index in [0.717, 1.165) is 68.9 Å². The molecule has 7 heteroatoms. The fraction of sp³-hybridized carbons (Fsp3) is 0.632. The molecule has 1 N–H and O–H groups in total. The van der Waals surface area contributed by atoms with Gasteiger partial charge in [-0.2, -0.15) is 0 Å². The Balaban J connectivity index is 1.42. The second-order valence-electron chi connectivity index (χ2n) is 7.30. The van der Waals surface area contributed by atoms with Crippen LogP contribution in [0.4, 0.5) is 0 Å². The molecular formula is C19H31N7. The zero-order valence-corrected chi connectivity index (χ0v) is 16.2. The first kappa shape index (κ1) is 18.6. The molecular weight excluding hydrogens is 326 g/mol. The second kappa shape index (κ2) is 8.98. The highest BCUT2D eigenvalue weighted by molar-refractivity contribution is 5.79. The Kier molecular flexibility index (Phi) is 6.44. The van der Waals surface area contributed by atoms with Crippen molar-refractivity contribution in [1.29, 1.82) is 0 Å². The molecule has 1 aliphatic rings. The first-order valence-corrected chi connectivity index (χ1v) is 9.64. The topological polar surface area (TPSA) is 61.1 Å². The average Bonchev–Trinajstić information content (AvgIpc) is 3.05. The van der Waals surface area contributed by atoms with E-state index in [-0.39, 0.29) is 0 Å². The van der Waals surface area contributed by atoms with E-state index in [0.29, 0.717) is 0 Å². The van der Waals surface area contributed by atoms with Gasteiger partial charge < -0.3 is 10.2 Å². The van der Waals surface area contributed by atoms with E-state index < -0.39 is 0 Å². The minimum absolute atomic E-state index is 0.729. The lowest BCUT2D eigenvalue weighted by Gasteiger charge is -2.37. The normalized spacial score (nSPS) is 16.6. The summed E-state index contributed by atoms with van der Waals surface area (Å²) in [7, 11) is 1.87. The van der Waals surface area contributed by atoms with Gasteiger partial charge in [0.1, 0.15) is 5.82 Å². The molecule has 142 valence electrons. The largest absolute Gasteiger partial charge is 0.356 e. The van der Waals surface area contributed by atoms with Gasteiger partial charge in [-0.3, -0.25) is 14.3 Å². The fourth-order valence-corrected chi connectivity index (χ4v) is 3.50. The summed E-state index contributed by atoms with van der Waals surface area (Å²) in [5.41, 5.74) is 0.908. The third-order valence-corrected chi connectivity index (χ3v) is 4.75. The number of nitrogens with zero attached hydrogens (tertiary/aromatic N) is 6. The van der Waals surface area contributed by atoms with Crippen LogP contribution in [0, 0.1) is 5.92 Å². The number of pyridine rings is 1. The smallest absolute Gasteiger partial charge is 0.193 e. The highest BCUT2D eigenvalue weighted by Crippen LogP contribution is 2.07. The maximum absolute atomic E-state index is 4.46. The van der Waals surface area contributed by atoms with Gasteiger partial charge in [0, 0.05) is 58.9 Å². The zero-order chi connectivity index (χ0) is 18.4. The van der Waals surface area contributed by atoms with E-state index in [9.17, 15) is 0 Å². The minimum Gasteiger partial charge on any atom is -0.356 e. The van der Waals surface area contributed by atoms with Crippen molar-refractivity contribution in [3.8, 4) is 0 Å². The van der Waals surface area contributed by atoms with Crippen LogP contribution in [0.15, 0.2) is 29.4 Å². The van der Waals surface area contributed by atoms with Crippen molar-refractivity contribution in [2.75, 3.05) is 46.3 Å². The van der Waals surface area contributed by atoms with E-state index in [2.05, 4.69) is 48.6 Å². The van der Waals surface area contributed by atoms with Gasteiger partial charge in [-0.25, -0.2) is 0 Å². The van der Waals surface area contributed by atoms with Gasteiger partial charge >= 0.3 is 0 Å². The van der Waals surface area contributed by atoms with Crippen molar-refractivity contribution >= 4 is 11.6 Å². The summed E-state index contributed by atoms with van der Waals surface area (Å²) in [6.07, 6.45) is 3.92. The molecule has 26 heavy (non-hydrogen) atoms. The number of rotatable bonds is 6. The monoisotopic (exact) mass is 357 g/mol. The Bertz CT molecular complexity index is 714. The predicted octanol–water partition coefficient (Wildman–Crippen LogP) is 1.51. The number of piperazine rings is 1. The van der Waals surface area contributed by atoms with Gasteiger partial charge in [-0.1, -0.05) is 19.9 Å². The number of guanidine groups is 1. The molecule has 0 atom stereocenters. The highest BCUT2D eigenvalue weighted by atomic mass is 15.3. The molecule has 0 bridgehead atoms. The van der Waals surface area contributed by atoms with Crippen molar-refractivity contribution in [3.63, 3.8) is 0 Å². The first-order valence-electron chi connectivity index (χ1n) is 9.64. The first-order chi connectivity index (χ1) is 12.7. The lowest BCUT2D eigenvalue weighted by Crippen LogP contribution is -2.53. The van der Waals surface area contributed by atoms with Crippen LogP contribution >= 0.6 is 0 Å². The van der Waals surface area contributed by atoms with Crippen molar-refractivity contribution in [3.05, 3.63) is 30.2 Å². The fourth-order valence-electron chi connectivity index (χ4n) is 3.50. The van der Waals surface area contributed by atoms with Crippen LogP contribution in [-0.4, -0.2) is 76.7 Å². The van der Waals surface area contributed by atoms with Gasteiger partial charge in [-0.05, 0) is 24.5 Å². The summed E-state index contributed by atoms with van der Waals surface area (Å²) >= 11 is 0. The zero-order valence-electron chi connectivity index (χ0n) is 16.2. The summed E-state index contributed by atoms with van der Waals surface area (Å²) in [6, 6.07) is 5.98. The summed E-state index contributed by atoms with van der Waals surface area (Å²) in [6.45, 7) is 11.0. The summed E-state index contributed by atoms with van der Waals surface area (Å²) in [5, 5.41) is 12.0. The van der Waals surface area contributed by atoms with Crippen LogP contribution in [0.2, 0.25) is 0 Å². The molecule has 1 fully saturated rings. The standard InChI is InChI=1S/C19H31N7/c1-16(2)15-24-11-13-25(14-12-24)19(20-3)21-9-6-8-18-23-22-17-7-4-5-10-26(17)18/h4-5,7,10,16H,6,8-9,11-15H2,1-3H3,(H,20,21). The third-order valence-electron chi connectivity index (χ3n) is 4.75. The predicted molar refractivity (Wildman–Crippen MR) is 106 cm³/mol. The van der Waals surface area contributed by atoms with E-state index in [4.69, 9.17) is 0 Å². The summed E-state index contributed by atoms with van der Waals surface area (Å²) < 4.78 is 2.06. The summed E-state index contributed by atoms with van der Waals surface area (Å²) in [4.78, 5) is 9.37. The molecule has 1 aliphatic heterocycles. The molecule has 0 aromatic carbocycles. The van der Waals surface area contributed by atoms with E-state index in [1.807, 2.05) is 31.4 Å². The Hall–Kier alpha value is -2.15. The lowest BCUT2D eigenvalue weighted by atomic mass is 10.2. The van der Waals surface area contributed by atoms with Crippen LogP contribution in [0.3, 0.4) is 0 Å². The SMILES string of the molecule is CN=C(NCCCc1nnc2ccccn12)N1CCN(CC(C)C)CC1. The lowest BCUT2D eigenvalue weighted by molar-refractivity contribution is 0.164. The second-order valence-corrected chi connectivity index (χ2v) is 7.30. The highest BCUT2D eigenvalue weighted by Gasteiger charge is 2.19. The minimum atomic E-state index is 0.729. The maximum Gasteiger partial charge on any atom is 0.193 e. The molecule has 2 aromatic rings. The van der Waals surface area contributed by atoms with E-state index in [1.165, 1.54) is 6.54 Å². The molecule has 3 heterocycles. The quantitative estimate of drug-likeness (QED) is 0.482. The number of fused-ring (bicyclic) bond motifs is 1. The molecule has 0 saturated carbocycles. The molecule has 2 aromatic heterocycles. The Labute approximate surface area is 156 Å². The van der Waals surface area contributed by atoms with Gasteiger partial charge in [0.15, 0.2) is 11.6 Å². The van der Waals surface area contributed by atoms with Gasteiger partial charge in [-0.15, -0.1) is 10.2 Å². The molecule has 0 spiro atoms. The number of aryl methyl sites for hydroxylation is 1. The van der Waals surface area contributed by atoms with Gasteiger partial charge in [0.2, 0.25) is 0 Å². The number of hydrogen-bond donors (Lipinski definition) is 1. The van der Waals surface area contributed by atoms with Crippen molar-refractivity contribution in [2.24, 2.45) is 10.9 Å². The number of aliphatic imine (C=N–C) groups is 1. The van der Waals surface area contributed by atoms with Crippen LogP contribution in [-0.2, 0) is 6.42 Å². The Morgan fingerprint density at radius 1 is 1.19 bits per heavy atom. The molecule has 1 saturated heterocycles. The maximum atomic E-state index is 4.46. The van der Waals surface area contributed by atoms with Crippen LogP contribution in [0.5, 0.6) is 0 Å².